The number of carbonyl (C=O) groups is 5. The van der Waals surface area contributed by atoms with Gasteiger partial charge in [-0.05, 0) is 237 Å². The molecule has 4 saturated heterocycles. The zero-order chi connectivity index (χ0) is 102. The summed E-state index contributed by atoms with van der Waals surface area (Å²) in [6, 6.07) is 46.8. The number of nitrogens with one attached hydrogen (secondary N) is 2. The standard InChI is InChI=1S/C26H28N4O4.C21H20N4O2.C18H21BrN2O4.C9H4Br2O2.C9H18N2O2.C8H8BN2O2.C7H5BrO2.C5H8O2/c1-17-15-30-16-20(7-8-23(30)27-17)18-5-6-19-13-21(24(31)33-22(19)14-18)28-9-11-29(12-10-28)25(32)34-26(2,3)4;1-14-12-25-13-17(4-5-20(25)23-14)15-2-3-16-10-18(21(26)27-19(16)11-15)24-8-6-22-7-9-24;1-18(2,3)25-17(23)21-8-6-20(7-9-21)14-10-12-4-5-13(19)11-15(12)24-16(14)22;10-6-2-1-5-3-7(11)9(12)13-8(5)4-6;1-9(2,3)13-8(12)11-6-4-10-5-7-11;1-6-4-11-5-7(13-9-12)2-3-8(11)10-6;8-6-2-1-5(4-9)7(10)3-6;1-3-4-5(6)7-2/h5-8,13-16H,9-12H2,1-4H3;2-5,10-13,22H,6-9H2,1H3;4-5,10-11H,6-9H2,1-3H3;1-4H;10H,4-7H2,1-3H3;2-5,12H,1H3;1-4,10H;3H,1,4H2,2H3. The van der Waals surface area contributed by atoms with E-state index in [4.69, 9.17) is 46.7 Å². The Bertz CT molecular complexity index is 7280. The number of hydrogen-bond acceptors (Lipinski definition) is 28. The molecule has 745 valence electrons. The zero-order valence-electron chi connectivity index (χ0n) is 81.0. The van der Waals surface area contributed by atoms with Gasteiger partial charge in [-0.1, -0.05) is 90.3 Å². The Balaban J connectivity index is 0.000000152. The Kier molecular flexibility index (Phi) is 36.9. The fraction of sp³-hybridized carbons (Fsp3) is 0.320. The van der Waals surface area contributed by atoms with E-state index in [0.29, 0.717) is 128 Å². The number of phenolic OH excluding ortho intramolecular Hbond substituents is 1. The predicted molar refractivity (Wildman–Crippen MR) is 563 cm³/mol. The molecule has 15 aromatic rings. The number of aldehydes is 1. The van der Waals surface area contributed by atoms with Gasteiger partial charge in [0.1, 0.15) is 89.1 Å². The molecule has 1 radical (unpaired) electrons. The number of carbonyl (C=O) groups excluding carboxylic acids is 5. The Labute approximate surface area is 853 Å². The Morgan fingerprint density at radius 1 is 0.430 bits per heavy atom. The molecular formula is C103H112BBr4N14O20. The Hall–Kier alpha value is -13.4. The maximum absolute atomic E-state index is 12.8. The molecular weight excluding hydrogens is 2080 g/mol. The highest BCUT2D eigenvalue weighted by Crippen LogP contribution is 2.32. The van der Waals surface area contributed by atoms with E-state index in [1.807, 2.05) is 240 Å². The number of nitrogens with zero attached hydrogens (tertiary/aromatic N) is 12. The Morgan fingerprint density at radius 2 is 0.775 bits per heavy atom. The second-order valence-electron chi connectivity index (χ2n) is 36.1. The molecule has 14 heterocycles. The van der Waals surface area contributed by atoms with E-state index in [0.717, 1.165) is 144 Å². The fourth-order valence-corrected chi connectivity index (χ4v) is 16.3. The zero-order valence-corrected chi connectivity index (χ0v) is 87.3. The first kappa shape index (κ1) is 107. The minimum absolute atomic E-state index is 0.00405. The second-order valence-corrected chi connectivity index (χ2v) is 39.7. The van der Waals surface area contributed by atoms with Crippen LogP contribution in [0.15, 0.2) is 256 Å². The molecule has 0 atom stereocenters. The number of rotatable bonds is 10. The number of methoxy groups -OCH3 is 1. The van der Waals surface area contributed by atoms with Crippen molar-refractivity contribution >= 4 is 180 Å². The molecule has 34 nitrogen and oxygen atoms in total. The van der Waals surface area contributed by atoms with Crippen molar-refractivity contribution in [2.24, 2.45) is 0 Å². The number of hydrogen-bond donors (Lipinski definition) is 4. The number of fused-ring (bicyclic) bond motifs is 7. The van der Waals surface area contributed by atoms with Crippen LogP contribution < -0.4 is 52.5 Å². The predicted octanol–water partition coefficient (Wildman–Crippen LogP) is 18.3. The van der Waals surface area contributed by atoms with Crippen LogP contribution in [0.4, 0.5) is 31.4 Å². The normalized spacial score (nSPS) is 13.7. The highest BCUT2D eigenvalue weighted by atomic mass is 79.9. The highest BCUT2D eigenvalue weighted by Gasteiger charge is 2.31. The fourth-order valence-electron chi connectivity index (χ4n) is 15.0. The molecule has 39 heteroatoms. The molecule has 4 aliphatic heterocycles. The van der Waals surface area contributed by atoms with E-state index < -0.39 is 11.2 Å². The van der Waals surface area contributed by atoms with Gasteiger partial charge in [0.2, 0.25) is 0 Å². The van der Waals surface area contributed by atoms with Crippen LogP contribution in [0.25, 0.3) is 83.1 Å². The number of aromatic hydroxyl groups is 1. The van der Waals surface area contributed by atoms with Crippen molar-refractivity contribution in [3.63, 3.8) is 0 Å². The molecule has 5 aromatic carbocycles. The average Bonchev–Trinajstić information content (AvgIpc) is 1.40. The van der Waals surface area contributed by atoms with Crippen LogP contribution in [0.5, 0.6) is 11.5 Å². The van der Waals surface area contributed by atoms with E-state index in [9.17, 15) is 43.2 Å². The number of piperazine rings is 4. The van der Waals surface area contributed by atoms with E-state index in [2.05, 4.69) is 112 Å². The molecule has 142 heavy (non-hydrogen) atoms. The van der Waals surface area contributed by atoms with Gasteiger partial charge < -0.3 is 105 Å². The number of phenols is 1. The first-order valence-corrected chi connectivity index (χ1v) is 48.7. The minimum atomic E-state index is -0.532. The average molecular weight is 2200 g/mol. The maximum atomic E-state index is 12.8. The third kappa shape index (κ3) is 30.6. The van der Waals surface area contributed by atoms with Gasteiger partial charge in [-0.25, -0.2) is 48.5 Å². The Morgan fingerprint density at radius 3 is 1.15 bits per heavy atom. The summed E-state index contributed by atoms with van der Waals surface area (Å²) in [5.74, 6) is 0.340. The van der Waals surface area contributed by atoms with Crippen molar-refractivity contribution in [2.75, 3.05) is 127 Å². The lowest BCUT2D eigenvalue weighted by molar-refractivity contribution is -0.139. The number of amides is 3. The largest absolute Gasteiger partial charge is 0.569 e. The molecule has 0 aliphatic carbocycles. The molecule has 4 aliphatic rings. The second kappa shape index (κ2) is 48.8. The van der Waals surface area contributed by atoms with Crippen molar-refractivity contribution in [3.8, 4) is 33.8 Å². The van der Waals surface area contributed by atoms with Gasteiger partial charge in [0, 0.05) is 171 Å². The molecule has 0 saturated carbocycles. The monoisotopic (exact) mass is 2190 g/mol. The summed E-state index contributed by atoms with van der Waals surface area (Å²) >= 11 is 12.9. The molecule has 0 unspecified atom stereocenters. The summed E-state index contributed by atoms with van der Waals surface area (Å²) in [6.07, 6.45) is 13.3. The van der Waals surface area contributed by atoms with Crippen molar-refractivity contribution in [3.05, 3.63) is 284 Å². The van der Waals surface area contributed by atoms with Gasteiger partial charge in [-0.2, -0.15) is 0 Å². The maximum Gasteiger partial charge on any atom is 0.569 e. The lowest BCUT2D eigenvalue weighted by atomic mass is 10.1. The van der Waals surface area contributed by atoms with Crippen molar-refractivity contribution in [2.45, 2.75) is 106 Å². The molecule has 3 amide bonds. The van der Waals surface area contributed by atoms with Crippen molar-refractivity contribution in [1.82, 2.24) is 53.5 Å². The van der Waals surface area contributed by atoms with Gasteiger partial charge in [-0.15, -0.1) is 6.58 Å². The van der Waals surface area contributed by atoms with E-state index >= 15 is 0 Å². The molecule has 10 aromatic heterocycles. The van der Waals surface area contributed by atoms with E-state index in [-0.39, 0.29) is 58.1 Å². The number of imidazole rings is 3. The molecule has 0 spiro atoms. The number of esters is 1. The SMILES string of the molecule is C=CCC(=O)OC.CC(C)(C)OC(=O)N1CCN(c2cc3ccc(Br)cc3oc2=O)CC1.CC(C)(C)OC(=O)N1CCNCC1.Cc1cn2cc(-c3ccc4cc(N5CCN(C(=O)OC(C)(C)C)CC5)c(=O)oc4c3)ccc2n1.Cc1cn2cc(-c3ccc4cc(N5CCNCC5)c(=O)oc4c3)ccc2n1.Cc1cn2cc(O[B]O)ccc2n1.O=Cc1ccc(Br)cc1O.O=c1oc2cc(Br)ccc2cc1Br. The number of pyridine rings is 3. The minimum Gasteiger partial charge on any atom is -0.536 e. The van der Waals surface area contributed by atoms with Crippen LogP contribution in [0.2, 0.25) is 0 Å². The highest BCUT2D eigenvalue weighted by molar-refractivity contribution is 9.11. The number of anilines is 3. The molecule has 4 fully saturated rings. The van der Waals surface area contributed by atoms with Gasteiger partial charge >= 0.3 is 54.4 Å². The number of ether oxygens (including phenoxy) is 4. The van der Waals surface area contributed by atoms with Crippen LogP contribution >= 0.6 is 63.7 Å². The lowest BCUT2D eigenvalue weighted by Gasteiger charge is -2.36. The van der Waals surface area contributed by atoms with E-state index in [1.54, 1.807) is 57.3 Å². The first-order valence-electron chi connectivity index (χ1n) is 45.6. The summed E-state index contributed by atoms with van der Waals surface area (Å²) < 4.78 is 55.8. The summed E-state index contributed by atoms with van der Waals surface area (Å²) in [5.41, 5.74) is 11.1. The van der Waals surface area contributed by atoms with Crippen LogP contribution in [-0.2, 0) is 23.7 Å². The van der Waals surface area contributed by atoms with Crippen molar-refractivity contribution < 1.29 is 75.4 Å². The van der Waals surface area contributed by atoms with Gasteiger partial charge in [0.15, 0.2) is 6.29 Å². The molecule has 4 N–H and O–H groups in total. The number of aromatic nitrogens is 6. The van der Waals surface area contributed by atoms with Gasteiger partial charge in [-0.3, -0.25) is 9.59 Å². The molecule has 0 bridgehead atoms. The number of halogens is 4. The first-order chi connectivity index (χ1) is 67.5. The summed E-state index contributed by atoms with van der Waals surface area (Å²) in [5, 5.41) is 27.5. The topological polar surface area (TPSA) is 388 Å². The lowest BCUT2D eigenvalue weighted by Crippen LogP contribution is -2.50. The number of benzene rings is 5. The number of aryl methyl sites for hydroxylation is 3. The third-order valence-electron chi connectivity index (χ3n) is 21.7. The van der Waals surface area contributed by atoms with Crippen LogP contribution in [-0.4, -0.2) is 220 Å². The quantitative estimate of drug-likeness (QED) is 0.0247. The molecule has 19 rings (SSSR count). The van der Waals surface area contributed by atoms with Gasteiger partial charge in [0.25, 0.3) is 0 Å². The van der Waals surface area contributed by atoms with E-state index in [1.165, 1.54) is 19.3 Å². The third-order valence-corrected chi connectivity index (χ3v) is 23.8. The summed E-state index contributed by atoms with van der Waals surface area (Å²) in [4.78, 5) is 129. The van der Waals surface area contributed by atoms with Crippen LogP contribution in [0.3, 0.4) is 0 Å². The van der Waals surface area contributed by atoms with Crippen LogP contribution in [0, 0.1) is 20.8 Å². The summed E-state index contributed by atoms with van der Waals surface area (Å²) in [7, 11) is 2.01. The smallest absolute Gasteiger partial charge is 0.536 e. The van der Waals surface area contributed by atoms with Crippen LogP contribution in [0.1, 0.15) is 96.2 Å². The van der Waals surface area contributed by atoms with Crippen molar-refractivity contribution in [1.29, 1.82) is 0 Å². The summed E-state index contributed by atoms with van der Waals surface area (Å²) in [6.45, 7) is 36.8. The van der Waals surface area contributed by atoms with Gasteiger partial charge in [0.05, 0.1) is 42.4 Å².